The first kappa shape index (κ1) is 20.0. The Morgan fingerprint density at radius 1 is 1.13 bits per heavy atom. The molecule has 3 aromatic rings. The molecule has 0 unspecified atom stereocenters. The van der Waals surface area contributed by atoms with Crippen molar-refractivity contribution in [1.82, 2.24) is 24.5 Å². The summed E-state index contributed by atoms with van der Waals surface area (Å²) in [6, 6.07) is 9.18. The Hall–Kier alpha value is -2.97. The van der Waals surface area contributed by atoms with Gasteiger partial charge >= 0.3 is 6.18 Å². The zero-order chi connectivity index (χ0) is 21.8. The second-order valence-corrected chi connectivity index (χ2v) is 8.55. The number of nitrogens with zero attached hydrogens (tertiary/aromatic N) is 5. The molecular formula is C22H22F3N5O. The lowest BCUT2D eigenvalue weighted by Gasteiger charge is -2.34. The molecule has 6 nitrogen and oxygen atoms in total. The van der Waals surface area contributed by atoms with Gasteiger partial charge in [0.05, 0.1) is 5.41 Å². The third-order valence-electron chi connectivity index (χ3n) is 6.53. The van der Waals surface area contributed by atoms with Gasteiger partial charge in [-0.25, -0.2) is 4.98 Å². The van der Waals surface area contributed by atoms with Crippen molar-refractivity contribution in [3.05, 3.63) is 59.2 Å². The highest BCUT2D eigenvalue weighted by atomic mass is 19.4. The third kappa shape index (κ3) is 3.45. The van der Waals surface area contributed by atoms with Gasteiger partial charge in [0, 0.05) is 24.7 Å². The molecule has 2 aromatic heterocycles. The van der Waals surface area contributed by atoms with E-state index < -0.39 is 17.3 Å². The summed E-state index contributed by atoms with van der Waals surface area (Å²) in [5.74, 6) is -0.0762. The van der Waals surface area contributed by atoms with E-state index in [1.807, 2.05) is 36.1 Å². The van der Waals surface area contributed by atoms with Crippen LogP contribution in [0.5, 0.6) is 0 Å². The van der Waals surface area contributed by atoms with Crippen LogP contribution in [-0.2, 0) is 16.4 Å². The van der Waals surface area contributed by atoms with Crippen LogP contribution in [0.2, 0.25) is 0 Å². The maximum atomic E-state index is 13.5. The molecule has 1 saturated heterocycles. The average molecular weight is 429 g/mol. The molecule has 1 amide bonds. The minimum Gasteiger partial charge on any atom is -0.342 e. The Bertz CT molecular complexity index is 1130. The van der Waals surface area contributed by atoms with Crippen molar-refractivity contribution >= 4 is 11.7 Å². The number of amides is 1. The van der Waals surface area contributed by atoms with Crippen molar-refractivity contribution in [2.24, 2.45) is 0 Å². The number of fused-ring (bicyclic) bond motifs is 1. The van der Waals surface area contributed by atoms with Crippen LogP contribution in [0.4, 0.5) is 13.2 Å². The van der Waals surface area contributed by atoms with Gasteiger partial charge in [0.2, 0.25) is 5.91 Å². The molecule has 9 heteroatoms. The van der Waals surface area contributed by atoms with Gasteiger partial charge in [-0.15, -0.1) is 0 Å². The SMILES string of the molecule is Cc1ccc(C2(C(=O)N3CCC(c4cc(C(F)(F)F)n5ncnc5n4)CC3)CC2)cc1. The summed E-state index contributed by atoms with van der Waals surface area (Å²) in [6.45, 7) is 3.04. The van der Waals surface area contributed by atoms with Gasteiger partial charge in [0.25, 0.3) is 5.78 Å². The van der Waals surface area contributed by atoms with Gasteiger partial charge < -0.3 is 4.90 Å². The molecule has 0 atom stereocenters. The van der Waals surface area contributed by atoms with Crippen molar-refractivity contribution < 1.29 is 18.0 Å². The maximum Gasteiger partial charge on any atom is 0.433 e. The number of piperidine rings is 1. The molecule has 0 N–H and O–H groups in total. The van der Waals surface area contributed by atoms with Crippen molar-refractivity contribution in [2.75, 3.05) is 13.1 Å². The minimum absolute atomic E-state index is 0.0559. The molecule has 2 fully saturated rings. The third-order valence-corrected chi connectivity index (χ3v) is 6.53. The van der Waals surface area contributed by atoms with Crippen LogP contribution in [0.1, 0.15) is 54.1 Å². The molecule has 2 aliphatic rings. The summed E-state index contributed by atoms with van der Waals surface area (Å²) < 4.78 is 41.1. The van der Waals surface area contributed by atoms with Crippen LogP contribution in [0, 0.1) is 6.92 Å². The van der Waals surface area contributed by atoms with Crippen LogP contribution in [0.25, 0.3) is 5.78 Å². The van der Waals surface area contributed by atoms with E-state index in [0.29, 0.717) is 31.6 Å². The molecule has 0 spiro atoms. The summed E-state index contributed by atoms with van der Waals surface area (Å²) in [7, 11) is 0. The minimum atomic E-state index is -4.55. The normalized spacial score (nSPS) is 19.0. The number of rotatable bonds is 3. The number of halogens is 3. The highest BCUT2D eigenvalue weighted by Crippen LogP contribution is 2.50. The van der Waals surface area contributed by atoms with Gasteiger partial charge in [-0.2, -0.15) is 27.8 Å². The fourth-order valence-electron chi connectivity index (χ4n) is 4.55. The molecule has 1 aromatic carbocycles. The van der Waals surface area contributed by atoms with Crippen molar-refractivity contribution in [1.29, 1.82) is 0 Å². The number of aromatic nitrogens is 4. The largest absolute Gasteiger partial charge is 0.433 e. The molecule has 0 bridgehead atoms. The van der Waals surface area contributed by atoms with Crippen LogP contribution < -0.4 is 0 Å². The maximum absolute atomic E-state index is 13.5. The Balaban J connectivity index is 1.33. The molecule has 162 valence electrons. The van der Waals surface area contributed by atoms with Gasteiger partial charge in [-0.05, 0) is 44.2 Å². The first-order valence-electron chi connectivity index (χ1n) is 10.4. The molecule has 31 heavy (non-hydrogen) atoms. The smallest absolute Gasteiger partial charge is 0.342 e. The van der Waals surface area contributed by atoms with E-state index in [1.54, 1.807) is 0 Å². The predicted octanol–water partition coefficient (Wildman–Crippen LogP) is 3.89. The molecule has 0 radical (unpaired) electrons. The second-order valence-electron chi connectivity index (χ2n) is 8.55. The van der Waals surface area contributed by atoms with E-state index in [2.05, 4.69) is 15.1 Å². The number of carbonyl (C=O) groups excluding carboxylic acids is 1. The summed E-state index contributed by atoms with van der Waals surface area (Å²) in [5.41, 5.74) is 1.27. The fourth-order valence-corrected chi connectivity index (χ4v) is 4.55. The van der Waals surface area contributed by atoms with Gasteiger partial charge in [-0.3, -0.25) is 4.79 Å². The van der Waals surface area contributed by atoms with Gasteiger partial charge in [0.1, 0.15) is 6.33 Å². The topological polar surface area (TPSA) is 63.4 Å². The highest BCUT2D eigenvalue weighted by molar-refractivity contribution is 5.91. The predicted molar refractivity (Wildman–Crippen MR) is 106 cm³/mol. The average Bonchev–Trinajstić information content (AvgIpc) is 3.42. The van der Waals surface area contributed by atoms with Crippen LogP contribution in [0.15, 0.2) is 36.7 Å². The molecule has 1 saturated carbocycles. The number of carbonyl (C=O) groups is 1. The zero-order valence-corrected chi connectivity index (χ0v) is 17.1. The number of aryl methyl sites for hydroxylation is 1. The lowest BCUT2D eigenvalue weighted by molar-refractivity contribution is -0.142. The lowest BCUT2D eigenvalue weighted by atomic mass is 9.89. The number of benzene rings is 1. The standard InChI is InChI=1S/C22H22F3N5O/c1-14-2-4-16(5-3-14)21(8-9-21)19(31)29-10-6-15(7-11-29)17-12-18(22(23,24)25)30-20(28-17)26-13-27-30/h2-5,12-13,15H,6-11H2,1H3. The van der Waals surface area contributed by atoms with Crippen molar-refractivity contribution in [3.8, 4) is 0 Å². The van der Waals surface area contributed by atoms with Crippen LogP contribution in [0.3, 0.4) is 0 Å². The van der Waals surface area contributed by atoms with Crippen molar-refractivity contribution in [2.45, 2.75) is 50.1 Å². The molecule has 3 heterocycles. The fraction of sp³-hybridized carbons (Fsp3) is 0.455. The number of likely N-dealkylation sites (tertiary alicyclic amines) is 1. The Morgan fingerprint density at radius 2 is 1.81 bits per heavy atom. The number of hydrogen-bond acceptors (Lipinski definition) is 4. The van der Waals surface area contributed by atoms with Gasteiger partial charge in [0.15, 0.2) is 5.69 Å². The Labute approximate surface area is 177 Å². The monoisotopic (exact) mass is 429 g/mol. The van der Waals surface area contributed by atoms with E-state index >= 15 is 0 Å². The van der Waals surface area contributed by atoms with E-state index in [0.717, 1.165) is 40.9 Å². The molecular weight excluding hydrogens is 407 g/mol. The van der Waals surface area contributed by atoms with E-state index in [9.17, 15) is 18.0 Å². The van der Waals surface area contributed by atoms with Crippen molar-refractivity contribution in [3.63, 3.8) is 0 Å². The van der Waals surface area contributed by atoms with Crippen LogP contribution >= 0.6 is 0 Å². The quantitative estimate of drug-likeness (QED) is 0.634. The van der Waals surface area contributed by atoms with E-state index in [1.165, 1.54) is 0 Å². The number of hydrogen-bond donors (Lipinski definition) is 0. The second kappa shape index (κ2) is 7.03. The molecule has 1 aliphatic carbocycles. The number of alkyl halides is 3. The summed E-state index contributed by atoms with van der Waals surface area (Å²) >= 11 is 0. The summed E-state index contributed by atoms with van der Waals surface area (Å²) in [4.78, 5) is 23.3. The molecule has 1 aliphatic heterocycles. The first-order chi connectivity index (χ1) is 14.8. The summed E-state index contributed by atoms with van der Waals surface area (Å²) in [5, 5.41) is 3.64. The van der Waals surface area contributed by atoms with Crippen LogP contribution in [-0.4, -0.2) is 43.5 Å². The molecule has 5 rings (SSSR count). The van der Waals surface area contributed by atoms with E-state index in [4.69, 9.17) is 0 Å². The Kier molecular flexibility index (Phi) is 4.53. The highest BCUT2D eigenvalue weighted by Gasteiger charge is 2.53. The first-order valence-corrected chi connectivity index (χ1v) is 10.4. The Morgan fingerprint density at radius 3 is 2.42 bits per heavy atom. The lowest BCUT2D eigenvalue weighted by Crippen LogP contribution is -2.43. The van der Waals surface area contributed by atoms with Gasteiger partial charge in [-0.1, -0.05) is 29.8 Å². The summed E-state index contributed by atoms with van der Waals surface area (Å²) in [6.07, 6.45) is -0.645. The zero-order valence-electron chi connectivity index (χ0n) is 17.1. The van der Waals surface area contributed by atoms with E-state index in [-0.39, 0.29) is 17.6 Å².